The van der Waals surface area contributed by atoms with Crippen LogP contribution in [0.25, 0.3) is 0 Å². The zero-order chi connectivity index (χ0) is 26.3. The molecule has 0 amide bonds. The van der Waals surface area contributed by atoms with Crippen LogP contribution >= 0.6 is 0 Å². The molecule has 0 aliphatic heterocycles. The molecule has 6 heteroatoms. The van der Waals surface area contributed by atoms with Crippen LogP contribution in [0.4, 0.5) is 0 Å². The van der Waals surface area contributed by atoms with Crippen molar-refractivity contribution in [2.24, 2.45) is 46.3 Å². The van der Waals surface area contributed by atoms with Gasteiger partial charge in [-0.25, -0.2) is 4.79 Å². The maximum Gasteiger partial charge on any atom is 0.331 e. The zero-order valence-electron chi connectivity index (χ0n) is 22.0. The van der Waals surface area contributed by atoms with Crippen molar-refractivity contribution in [3.8, 4) is 0 Å². The van der Waals surface area contributed by atoms with Crippen LogP contribution in [0.5, 0.6) is 0 Å². The molecule has 0 unspecified atom stereocenters. The van der Waals surface area contributed by atoms with Crippen LogP contribution in [0.1, 0.15) is 79.1 Å². The number of carboxylic acids is 2. The summed E-state index contributed by atoms with van der Waals surface area (Å²) in [5.41, 5.74) is 2.93. The molecule has 0 radical (unpaired) electrons. The molecular formula is C30H40O6. The van der Waals surface area contributed by atoms with Gasteiger partial charge in [-0.15, -0.1) is 0 Å². The first-order valence-electron chi connectivity index (χ1n) is 13.6. The fraction of sp³-hybridized carbons (Fsp3) is 0.700. The lowest BCUT2D eigenvalue weighted by molar-refractivity contribution is -0.211. The van der Waals surface area contributed by atoms with E-state index in [1.165, 1.54) is 0 Å². The van der Waals surface area contributed by atoms with Crippen LogP contribution in [0.15, 0.2) is 34.4 Å². The number of ketones is 1. The monoisotopic (exact) mass is 496 g/mol. The molecule has 0 saturated heterocycles. The first-order valence-corrected chi connectivity index (χ1v) is 13.6. The summed E-state index contributed by atoms with van der Waals surface area (Å²) in [5, 5.41) is 31.9. The van der Waals surface area contributed by atoms with Crippen molar-refractivity contribution < 1.29 is 29.7 Å². The lowest BCUT2D eigenvalue weighted by Crippen LogP contribution is -2.67. The van der Waals surface area contributed by atoms with E-state index in [2.05, 4.69) is 20.4 Å². The third-order valence-corrected chi connectivity index (χ3v) is 11.6. The summed E-state index contributed by atoms with van der Waals surface area (Å²) in [6.07, 6.45) is 4.65. The molecule has 3 fully saturated rings. The minimum Gasteiger partial charge on any atom is -0.481 e. The first-order chi connectivity index (χ1) is 16.8. The highest BCUT2D eigenvalue weighted by molar-refractivity contribution is 5.98. The zero-order valence-corrected chi connectivity index (χ0v) is 22.0. The average molecular weight is 497 g/mol. The van der Waals surface area contributed by atoms with Gasteiger partial charge in [0, 0.05) is 17.9 Å². The Hall–Kier alpha value is -2.21. The molecule has 36 heavy (non-hydrogen) atoms. The molecule has 9 atom stereocenters. The van der Waals surface area contributed by atoms with E-state index >= 15 is 0 Å². The normalized spacial score (nSPS) is 44.2. The highest BCUT2D eigenvalue weighted by Crippen LogP contribution is 2.71. The number of carbonyl (C=O) groups is 3. The number of Topliss-reactive ketones (excluding diaryl/α,β-unsaturated/α-hetero) is 1. The Kier molecular flexibility index (Phi) is 5.94. The van der Waals surface area contributed by atoms with Crippen molar-refractivity contribution in [2.45, 2.75) is 85.2 Å². The van der Waals surface area contributed by atoms with Gasteiger partial charge >= 0.3 is 11.9 Å². The van der Waals surface area contributed by atoms with Gasteiger partial charge in [0.05, 0.1) is 11.5 Å². The number of carboxylic acid groups (broad SMARTS) is 2. The molecule has 0 spiro atoms. The van der Waals surface area contributed by atoms with Crippen LogP contribution < -0.4 is 0 Å². The van der Waals surface area contributed by atoms with Gasteiger partial charge in [0.1, 0.15) is 0 Å². The molecule has 3 N–H and O–H groups in total. The highest BCUT2D eigenvalue weighted by Gasteiger charge is 2.71. The summed E-state index contributed by atoms with van der Waals surface area (Å²) in [5.74, 6) is -1.56. The SMILES string of the molecule is C=C(C(=O)O)[C@@H]1CC[C@]2(C)C(=C(C)[C@@H](O)[C@H]3[C@@H]2C[C@]3(C(=O)O)[C@@H]2CC[C@H](C)[C@@H]3CC(=O)C(C)=C3C2)C1. The fourth-order valence-corrected chi connectivity index (χ4v) is 9.19. The van der Waals surface area contributed by atoms with Crippen molar-refractivity contribution in [2.75, 3.05) is 0 Å². The van der Waals surface area contributed by atoms with Gasteiger partial charge in [-0.2, -0.15) is 0 Å². The molecule has 0 aromatic carbocycles. The molecule has 5 aliphatic carbocycles. The van der Waals surface area contributed by atoms with Crippen LogP contribution in [0.3, 0.4) is 0 Å². The number of aliphatic hydroxyl groups excluding tert-OH is 1. The number of hydrogen-bond acceptors (Lipinski definition) is 4. The van der Waals surface area contributed by atoms with E-state index in [-0.39, 0.29) is 46.4 Å². The van der Waals surface area contributed by atoms with Gasteiger partial charge in [0.2, 0.25) is 0 Å². The Bertz CT molecular complexity index is 1110. The molecule has 0 aromatic heterocycles. The van der Waals surface area contributed by atoms with Gasteiger partial charge in [0.15, 0.2) is 5.78 Å². The van der Waals surface area contributed by atoms with Crippen molar-refractivity contribution in [1.29, 1.82) is 0 Å². The van der Waals surface area contributed by atoms with E-state index in [1.807, 2.05) is 13.8 Å². The smallest absolute Gasteiger partial charge is 0.331 e. The third kappa shape index (κ3) is 3.28. The molecule has 0 heterocycles. The molecule has 0 bridgehead atoms. The number of allylic oxidation sites excluding steroid dienone is 3. The molecule has 196 valence electrons. The van der Waals surface area contributed by atoms with Crippen LogP contribution in [0.2, 0.25) is 0 Å². The third-order valence-electron chi connectivity index (χ3n) is 11.6. The molecular weight excluding hydrogens is 456 g/mol. The largest absolute Gasteiger partial charge is 0.481 e. The Balaban J connectivity index is 1.52. The minimum atomic E-state index is -1.01. The van der Waals surface area contributed by atoms with Gasteiger partial charge in [-0.1, -0.05) is 31.6 Å². The average Bonchev–Trinajstić information content (AvgIpc) is 2.97. The van der Waals surface area contributed by atoms with Crippen molar-refractivity contribution in [3.05, 3.63) is 34.4 Å². The summed E-state index contributed by atoms with van der Waals surface area (Å²) in [4.78, 5) is 37.2. The number of hydrogen-bond donors (Lipinski definition) is 3. The van der Waals surface area contributed by atoms with Gasteiger partial charge in [0.25, 0.3) is 0 Å². The van der Waals surface area contributed by atoms with E-state index in [4.69, 9.17) is 0 Å². The Labute approximate surface area is 213 Å². The minimum absolute atomic E-state index is 0.0538. The van der Waals surface area contributed by atoms with E-state index in [0.717, 1.165) is 41.6 Å². The predicted molar refractivity (Wildman–Crippen MR) is 135 cm³/mol. The molecule has 3 saturated carbocycles. The predicted octanol–water partition coefficient (Wildman–Crippen LogP) is 5.17. The van der Waals surface area contributed by atoms with Crippen molar-refractivity contribution >= 4 is 17.7 Å². The van der Waals surface area contributed by atoms with Gasteiger partial charge < -0.3 is 15.3 Å². The summed E-state index contributed by atoms with van der Waals surface area (Å²) >= 11 is 0. The summed E-state index contributed by atoms with van der Waals surface area (Å²) in [6, 6.07) is 0. The van der Waals surface area contributed by atoms with Crippen molar-refractivity contribution in [3.63, 3.8) is 0 Å². The second kappa shape index (κ2) is 8.41. The Morgan fingerprint density at radius 1 is 1.06 bits per heavy atom. The molecule has 5 rings (SSSR count). The summed E-state index contributed by atoms with van der Waals surface area (Å²) in [6.45, 7) is 12.0. The second-order valence-electron chi connectivity index (χ2n) is 12.8. The lowest BCUT2D eigenvalue weighted by atomic mass is 9.36. The Morgan fingerprint density at radius 2 is 1.75 bits per heavy atom. The number of rotatable bonds is 4. The maximum absolute atomic E-state index is 13.1. The van der Waals surface area contributed by atoms with E-state index in [1.54, 1.807) is 0 Å². The quantitative estimate of drug-likeness (QED) is 0.366. The Morgan fingerprint density at radius 3 is 2.39 bits per heavy atom. The van der Waals surface area contributed by atoms with Gasteiger partial charge in [-0.05, 0) is 105 Å². The first kappa shape index (κ1) is 25.4. The molecule has 0 aromatic rings. The molecule has 5 aliphatic rings. The summed E-state index contributed by atoms with van der Waals surface area (Å²) < 4.78 is 0. The standard InChI is InChI=1S/C30H40O6/c1-14-6-7-19(11-21-16(3)24(31)12-20(14)21)30(28(35)36)13-23-25(30)26(32)17(4)22-10-18(15(2)27(33)34)8-9-29(22,23)5/h14,18-20,23,25-26,32H,2,6-13H2,1,3-5H3,(H,33,34)(H,35,36)/t14-,18+,19+,20-,23-,25+,26+,29+,30-/m0/s1. The van der Waals surface area contributed by atoms with Gasteiger partial charge in [-0.3, -0.25) is 9.59 Å². The summed E-state index contributed by atoms with van der Waals surface area (Å²) in [7, 11) is 0. The lowest BCUT2D eigenvalue weighted by Gasteiger charge is -2.67. The molecule has 6 nitrogen and oxygen atoms in total. The van der Waals surface area contributed by atoms with E-state index < -0.39 is 23.5 Å². The maximum atomic E-state index is 13.1. The van der Waals surface area contributed by atoms with Crippen LogP contribution in [0, 0.1) is 46.3 Å². The van der Waals surface area contributed by atoms with Crippen LogP contribution in [-0.2, 0) is 14.4 Å². The number of aliphatic hydroxyl groups is 1. The number of carbonyl (C=O) groups excluding carboxylic acids is 1. The number of fused-ring (bicyclic) bond motifs is 4. The van der Waals surface area contributed by atoms with Crippen LogP contribution in [-0.4, -0.2) is 39.1 Å². The van der Waals surface area contributed by atoms with E-state index in [9.17, 15) is 29.7 Å². The number of aliphatic carboxylic acids is 2. The second-order valence-corrected chi connectivity index (χ2v) is 12.8. The topological polar surface area (TPSA) is 112 Å². The fourth-order valence-electron chi connectivity index (χ4n) is 9.19. The highest BCUT2D eigenvalue weighted by atomic mass is 16.4. The van der Waals surface area contributed by atoms with Crippen molar-refractivity contribution in [1.82, 2.24) is 0 Å². The van der Waals surface area contributed by atoms with E-state index in [0.29, 0.717) is 38.0 Å².